The van der Waals surface area contributed by atoms with Crippen molar-refractivity contribution < 1.29 is 24.0 Å². The molecule has 2 aliphatic heterocycles. The lowest BCUT2D eigenvalue weighted by Crippen LogP contribution is -2.54. The van der Waals surface area contributed by atoms with Crippen LogP contribution in [-0.4, -0.2) is 47.1 Å². The van der Waals surface area contributed by atoms with Crippen molar-refractivity contribution in [1.29, 1.82) is 0 Å². The van der Waals surface area contributed by atoms with Gasteiger partial charge in [0.1, 0.15) is 6.04 Å². The van der Waals surface area contributed by atoms with Crippen molar-refractivity contribution >= 4 is 29.7 Å². The predicted octanol–water partition coefficient (Wildman–Crippen LogP) is 1.47. The van der Waals surface area contributed by atoms with Crippen LogP contribution in [0, 0.1) is 0 Å². The van der Waals surface area contributed by atoms with Gasteiger partial charge in [-0.05, 0) is 30.5 Å². The minimum atomic E-state index is -0.991. The first-order valence-corrected chi connectivity index (χ1v) is 10.3. The number of hydrogen-bond acceptors (Lipinski definition) is 5. The first-order chi connectivity index (χ1) is 14.4. The van der Waals surface area contributed by atoms with E-state index < -0.39 is 29.7 Å². The summed E-state index contributed by atoms with van der Waals surface area (Å²) in [6.07, 6.45) is 4.46. The number of nitrogens with zero attached hydrogens (tertiary/aromatic N) is 1. The van der Waals surface area contributed by atoms with Gasteiger partial charge in [0, 0.05) is 19.5 Å². The zero-order chi connectivity index (χ0) is 21.7. The number of nitrogens with one attached hydrogen (secondary N) is 3. The van der Waals surface area contributed by atoms with Crippen LogP contribution in [0.1, 0.15) is 71.7 Å². The van der Waals surface area contributed by atoms with Crippen LogP contribution in [0.25, 0.3) is 0 Å². The van der Waals surface area contributed by atoms with Crippen LogP contribution in [0.2, 0.25) is 0 Å². The number of fused-ring (bicyclic) bond motifs is 1. The molecule has 1 fully saturated rings. The molecule has 0 bridgehead atoms. The third-order valence-corrected chi connectivity index (χ3v) is 5.27. The molecule has 0 aromatic heterocycles. The van der Waals surface area contributed by atoms with Gasteiger partial charge in [0.25, 0.3) is 11.8 Å². The van der Waals surface area contributed by atoms with E-state index >= 15 is 0 Å². The van der Waals surface area contributed by atoms with Gasteiger partial charge in [0.15, 0.2) is 0 Å². The second-order valence-electron chi connectivity index (χ2n) is 7.50. The Morgan fingerprint density at radius 1 is 1.07 bits per heavy atom. The summed E-state index contributed by atoms with van der Waals surface area (Å²) in [4.78, 5) is 61.7. The quantitative estimate of drug-likeness (QED) is 0.439. The zero-order valence-corrected chi connectivity index (χ0v) is 17.0. The monoisotopic (exact) mass is 414 g/mol. The van der Waals surface area contributed by atoms with E-state index in [1.54, 1.807) is 12.1 Å². The van der Waals surface area contributed by atoms with E-state index in [1.807, 2.05) is 0 Å². The highest BCUT2D eigenvalue weighted by Crippen LogP contribution is 2.28. The fourth-order valence-electron chi connectivity index (χ4n) is 3.63. The third-order valence-electron chi connectivity index (χ3n) is 5.27. The molecule has 1 saturated heterocycles. The predicted molar refractivity (Wildman–Crippen MR) is 107 cm³/mol. The second-order valence-corrected chi connectivity index (χ2v) is 7.50. The summed E-state index contributed by atoms with van der Waals surface area (Å²) in [5, 5.41) is 7.69. The standard InChI is InChI=1S/C21H26N4O5/c1-2-3-4-5-10-22-21(30)23-12-13-6-7-14-15(11-13)20(29)25(19(14)28)16-8-9-17(26)24-18(16)27/h6-7,11,16H,2-5,8-10,12H2,1H3,(H2,22,23,30)(H,24,26,27). The number of carbonyl (C=O) groups is 5. The number of amides is 6. The Kier molecular flexibility index (Phi) is 6.81. The first kappa shape index (κ1) is 21.5. The van der Waals surface area contributed by atoms with Crippen LogP contribution in [-0.2, 0) is 16.1 Å². The molecule has 0 spiro atoms. The SMILES string of the molecule is CCCCCCNC(=O)NCc1ccc2c(c1)C(=O)N(C1CCC(=O)NC1=O)C2=O. The Morgan fingerprint density at radius 2 is 1.83 bits per heavy atom. The fraction of sp³-hybridized carbons (Fsp3) is 0.476. The Labute approximate surface area is 174 Å². The first-order valence-electron chi connectivity index (χ1n) is 10.3. The molecular formula is C21H26N4O5. The van der Waals surface area contributed by atoms with Crippen molar-refractivity contribution in [2.45, 2.75) is 58.0 Å². The maximum atomic E-state index is 12.8. The lowest BCUT2D eigenvalue weighted by molar-refractivity contribution is -0.136. The summed E-state index contributed by atoms with van der Waals surface area (Å²) in [6, 6.07) is 3.47. The van der Waals surface area contributed by atoms with Gasteiger partial charge in [0.05, 0.1) is 11.1 Å². The summed E-state index contributed by atoms with van der Waals surface area (Å²) in [5.74, 6) is -2.16. The Bertz CT molecular complexity index is 882. The van der Waals surface area contributed by atoms with Crippen molar-refractivity contribution in [1.82, 2.24) is 20.9 Å². The fourth-order valence-corrected chi connectivity index (χ4v) is 3.63. The number of urea groups is 1. The molecule has 160 valence electrons. The number of benzene rings is 1. The van der Waals surface area contributed by atoms with Gasteiger partial charge in [-0.3, -0.25) is 29.4 Å². The Hall–Kier alpha value is -3.23. The molecule has 3 N–H and O–H groups in total. The maximum absolute atomic E-state index is 12.8. The van der Waals surface area contributed by atoms with Crippen molar-refractivity contribution in [3.05, 3.63) is 34.9 Å². The largest absolute Gasteiger partial charge is 0.338 e. The van der Waals surface area contributed by atoms with Gasteiger partial charge >= 0.3 is 6.03 Å². The van der Waals surface area contributed by atoms with Crippen molar-refractivity contribution in [3.63, 3.8) is 0 Å². The topological polar surface area (TPSA) is 125 Å². The highest BCUT2D eigenvalue weighted by Gasteiger charge is 2.44. The molecule has 1 aromatic rings. The molecule has 9 nitrogen and oxygen atoms in total. The molecular weight excluding hydrogens is 388 g/mol. The van der Waals surface area contributed by atoms with Gasteiger partial charge in [-0.1, -0.05) is 32.3 Å². The molecule has 2 aliphatic rings. The molecule has 1 unspecified atom stereocenters. The Morgan fingerprint density at radius 3 is 2.57 bits per heavy atom. The van der Waals surface area contributed by atoms with Crippen LogP contribution in [0.4, 0.5) is 4.79 Å². The van der Waals surface area contributed by atoms with Crippen LogP contribution in [0.3, 0.4) is 0 Å². The summed E-state index contributed by atoms with van der Waals surface area (Å²) in [5.41, 5.74) is 1.08. The van der Waals surface area contributed by atoms with Gasteiger partial charge in [0.2, 0.25) is 11.8 Å². The molecule has 0 radical (unpaired) electrons. The van der Waals surface area contributed by atoms with Crippen molar-refractivity contribution in [2.75, 3.05) is 6.54 Å². The summed E-state index contributed by atoms with van der Waals surface area (Å²) in [6.45, 7) is 2.93. The van der Waals surface area contributed by atoms with Crippen LogP contribution < -0.4 is 16.0 Å². The average Bonchev–Trinajstić information content (AvgIpc) is 2.96. The minimum absolute atomic E-state index is 0.0759. The van der Waals surface area contributed by atoms with E-state index in [1.165, 1.54) is 6.07 Å². The molecule has 30 heavy (non-hydrogen) atoms. The molecule has 2 heterocycles. The average molecular weight is 414 g/mol. The van der Waals surface area contributed by atoms with E-state index in [9.17, 15) is 24.0 Å². The van der Waals surface area contributed by atoms with Crippen molar-refractivity contribution in [2.24, 2.45) is 0 Å². The molecule has 9 heteroatoms. The normalized spacial score (nSPS) is 18.3. The molecule has 0 saturated carbocycles. The molecule has 0 aliphatic carbocycles. The van der Waals surface area contributed by atoms with E-state index in [4.69, 9.17) is 0 Å². The van der Waals surface area contributed by atoms with Gasteiger partial charge in [-0.25, -0.2) is 4.79 Å². The zero-order valence-electron chi connectivity index (χ0n) is 17.0. The van der Waals surface area contributed by atoms with Crippen molar-refractivity contribution in [3.8, 4) is 0 Å². The third kappa shape index (κ3) is 4.67. The number of imide groups is 2. The summed E-state index contributed by atoms with van der Waals surface area (Å²) >= 11 is 0. The molecule has 3 rings (SSSR count). The van der Waals surface area contributed by atoms with E-state index in [0.717, 1.165) is 30.6 Å². The lowest BCUT2D eigenvalue weighted by atomic mass is 10.0. The van der Waals surface area contributed by atoms with Gasteiger partial charge < -0.3 is 10.6 Å². The number of unbranched alkanes of at least 4 members (excludes halogenated alkanes) is 3. The summed E-state index contributed by atoms with van der Waals surface area (Å²) in [7, 11) is 0. The Balaban J connectivity index is 1.59. The number of hydrogen-bond donors (Lipinski definition) is 3. The molecule has 6 amide bonds. The number of rotatable bonds is 8. The van der Waals surface area contributed by atoms with Crippen LogP contribution in [0.5, 0.6) is 0 Å². The number of carbonyl (C=O) groups excluding carboxylic acids is 5. The van der Waals surface area contributed by atoms with Crippen LogP contribution >= 0.6 is 0 Å². The lowest BCUT2D eigenvalue weighted by Gasteiger charge is -2.27. The minimum Gasteiger partial charge on any atom is -0.338 e. The highest BCUT2D eigenvalue weighted by molar-refractivity contribution is 6.23. The summed E-state index contributed by atoms with van der Waals surface area (Å²) < 4.78 is 0. The van der Waals surface area contributed by atoms with E-state index in [2.05, 4.69) is 22.9 Å². The highest BCUT2D eigenvalue weighted by atomic mass is 16.2. The number of piperidine rings is 1. The molecule has 1 aromatic carbocycles. The second kappa shape index (κ2) is 9.51. The molecule has 1 atom stereocenters. The smallest absolute Gasteiger partial charge is 0.315 e. The van der Waals surface area contributed by atoms with Crippen LogP contribution in [0.15, 0.2) is 18.2 Å². The van der Waals surface area contributed by atoms with Gasteiger partial charge in [-0.2, -0.15) is 0 Å². The maximum Gasteiger partial charge on any atom is 0.315 e. The van der Waals surface area contributed by atoms with Gasteiger partial charge in [-0.15, -0.1) is 0 Å². The van der Waals surface area contributed by atoms with E-state index in [-0.39, 0.29) is 36.5 Å². The van der Waals surface area contributed by atoms with E-state index in [0.29, 0.717) is 12.1 Å².